The van der Waals surface area contributed by atoms with Gasteiger partial charge >= 0.3 is 6.61 Å². The van der Waals surface area contributed by atoms with Crippen LogP contribution in [0.25, 0.3) is 0 Å². The summed E-state index contributed by atoms with van der Waals surface area (Å²) in [5.41, 5.74) is 5.78. The molecule has 20 heavy (non-hydrogen) atoms. The summed E-state index contributed by atoms with van der Waals surface area (Å²) >= 11 is 1.18. The molecule has 1 aliphatic rings. The number of hydrogen-bond donors (Lipinski definition) is 1. The Morgan fingerprint density at radius 3 is 2.65 bits per heavy atom. The van der Waals surface area contributed by atoms with Gasteiger partial charge in [-0.3, -0.25) is 4.79 Å². The Morgan fingerprint density at radius 1 is 1.50 bits per heavy atom. The fourth-order valence-corrected chi connectivity index (χ4v) is 2.98. The van der Waals surface area contributed by atoms with Crippen LogP contribution < -0.4 is 10.5 Å². The molecule has 1 aliphatic heterocycles. The van der Waals surface area contributed by atoms with E-state index in [4.69, 9.17) is 5.73 Å². The topological polar surface area (TPSA) is 55.6 Å². The molecule has 0 spiro atoms. The summed E-state index contributed by atoms with van der Waals surface area (Å²) in [6.07, 6.45) is 1.47. The zero-order chi connectivity index (χ0) is 14.0. The number of hydrogen-bond acceptors (Lipinski definition) is 4. The Balaban J connectivity index is 0.00000200. The molecule has 1 fully saturated rings. The first-order valence-corrected chi connectivity index (χ1v) is 6.89. The van der Waals surface area contributed by atoms with E-state index in [1.54, 1.807) is 11.8 Å². The molecule has 1 saturated heterocycles. The van der Waals surface area contributed by atoms with Crippen LogP contribution in [0.3, 0.4) is 0 Å². The average molecular weight is 327 g/mol. The summed E-state index contributed by atoms with van der Waals surface area (Å²) in [5.74, 6) is -0.280. The van der Waals surface area contributed by atoms with Gasteiger partial charge in [0.2, 0.25) is 0 Å². The fourth-order valence-electron chi connectivity index (χ4n) is 2.07. The fraction of sp³-hybridized carbons (Fsp3) is 0.583. The van der Waals surface area contributed by atoms with Crippen molar-refractivity contribution >= 4 is 29.7 Å². The van der Waals surface area contributed by atoms with Gasteiger partial charge in [-0.25, -0.2) is 0 Å². The molecule has 1 amide bonds. The van der Waals surface area contributed by atoms with Gasteiger partial charge in [-0.15, -0.1) is 23.7 Å². The molecule has 4 nitrogen and oxygen atoms in total. The van der Waals surface area contributed by atoms with E-state index in [2.05, 4.69) is 4.74 Å². The van der Waals surface area contributed by atoms with Crippen LogP contribution in [0, 0.1) is 6.92 Å². The third-order valence-electron chi connectivity index (χ3n) is 3.06. The van der Waals surface area contributed by atoms with Crippen LogP contribution in [0.4, 0.5) is 8.78 Å². The van der Waals surface area contributed by atoms with E-state index >= 15 is 0 Å². The van der Waals surface area contributed by atoms with E-state index in [9.17, 15) is 13.6 Å². The summed E-state index contributed by atoms with van der Waals surface area (Å²) in [6, 6.07) is 1.59. The van der Waals surface area contributed by atoms with Gasteiger partial charge in [0, 0.05) is 24.0 Å². The minimum Gasteiger partial charge on any atom is -0.433 e. The Morgan fingerprint density at radius 2 is 2.10 bits per heavy atom. The van der Waals surface area contributed by atoms with Gasteiger partial charge in [-0.2, -0.15) is 8.78 Å². The summed E-state index contributed by atoms with van der Waals surface area (Å²) in [6.45, 7) is -0.0440. The number of aryl methyl sites for hydroxylation is 1. The number of nitrogens with two attached hydrogens (primary N) is 1. The highest BCUT2D eigenvalue weighted by Crippen LogP contribution is 2.31. The molecule has 0 aliphatic carbocycles. The zero-order valence-electron chi connectivity index (χ0n) is 11.0. The van der Waals surface area contributed by atoms with Crippen LogP contribution in [0.2, 0.25) is 0 Å². The van der Waals surface area contributed by atoms with Crippen molar-refractivity contribution in [3.8, 4) is 5.75 Å². The second-order valence-corrected chi connectivity index (χ2v) is 5.81. The molecule has 2 heterocycles. The van der Waals surface area contributed by atoms with Gasteiger partial charge in [0.15, 0.2) is 0 Å². The van der Waals surface area contributed by atoms with E-state index in [1.807, 2.05) is 0 Å². The highest BCUT2D eigenvalue weighted by Gasteiger charge is 2.26. The minimum absolute atomic E-state index is 0. The number of carbonyl (C=O) groups is 1. The Hall–Kier alpha value is -0.920. The first-order valence-electron chi connectivity index (χ1n) is 6.07. The number of piperidine rings is 1. The van der Waals surface area contributed by atoms with Crippen molar-refractivity contribution in [1.29, 1.82) is 0 Å². The van der Waals surface area contributed by atoms with Crippen LogP contribution in [0.1, 0.15) is 27.4 Å². The minimum atomic E-state index is -2.92. The lowest BCUT2D eigenvalue weighted by atomic mass is 10.1. The Labute approximate surface area is 126 Å². The predicted octanol–water partition coefficient (Wildman–Crippen LogP) is 2.64. The van der Waals surface area contributed by atoms with Gasteiger partial charge in [-0.1, -0.05) is 0 Å². The van der Waals surface area contributed by atoms with Crippen molar-refractivity contribution in [2.75, 3.05) is 13.1 Å². The van der Waals surface area contributed by atoms with Gasteiger partial charge < -0.3 is 15.4 Å². The molecule has 1 aromatic rings. The second kappa shape index (κ2) is 7.19. The zero-order valence-corrected chi connectivity index (χ0v) is 12.6. The average Bonchev–Trinajstić information content (AvgIpc) is 2.69. The number of halogens is 3. The molecule has 0 unspecified atom stereocenters. The molecule has 114 valence electrons. The lowest BCUT2D eigenvalue weighted by molar-refractivity contribution is -0.0499. The van der Waals surface area contributed by atoms with Crippen molar-refractivity contribution in [3.05, 3.63) is 15.8 Å². The third kappa shape index (κ3) is 4.04. The van der Waals surface area contributed by atoms with E-state index in [-0.39, 0.29) is 35.0 Å². The SMILES string of the molecule is Cc1cc(OC(F)F)c(C(=O)N2CCC(N)CC2)s1.Cl. The summed E-state index contributed by atoms with van der Waals surface area (Å²) in [7, 11) is 0. The molecular formula is C12H17ClF2N2O2S. The van der Waals surface area contributed by atoms with Crippen molar-refractivity contribution < 1.29 is 18.3 Å². The van der Waals surface area contributed by atoms with E-state index < -0.39 is 6.61 Å². The van der Waals surface area contributed by atoms with E-state index in [1.165, 1.54) is 17.4 Å². The first kappa shape index (κ1) is 17.1. The van der Waals surface area contributed by atoms with Crippen LogP contribution in [0.15, 0.2) is 6.07 Å². The lowest BCUT2D eigenvalue weighted by Crippen LogP contribution is -2.42. The molecule has 0 atom stereocenters. The number of alkyl halides is 2. The first-order chi connectivity index (χ1) is 8.97. The molecule has 0 saturated carbocycles. The maximum absolute atomic E-state index is 12.3. The van der Waals surface area contributed by atoms with Crippen LogP contribution >= 0.6 is 23.7 Å². The normalized spacial score (nSPS) is 16.1. The number of carbonyl (C=O) groups excluding carboxylic acids is 1. The summed E-state index contributed by atoms with van der Waals surface area (Å²) in [4.78, 5) is 15.0. The summed E-state index contributed by atoms with van der Waals surface area (Å²) in [5, 5.41) is 0. The molecular weight excluding hydrogens is 310 g/mol. The predicted molar refractivity (Wildman–Crippen MR) is 76.0 cm³/mol. The van der Waals surface area contributed by atoms with E-state index in [0.29, 0.717) is 13.1 Å². The quantitative estimate of drug-likeness (QED) is 0.929. The number of ether oxygens (including phenoxy) is 1. The van der Waals surface area contributed by atoms with Crippen molar-refractivity contribution in [2.24, 2.45) is 5.73 Å². The Bertz CT molecular complexity index is 462. The van der Waals surface area contributed by atoms with Crippen molar-refractivity contribution in [2.45, 2.75) is 32.4 Å². The van der Waals surface area contributed by atoms with Crippen molar-refractivity contribution in [1.82, 2.24) is 4.90 Å². The highest BCUT2D eigenvalue weighted by molar-refractivity contribution is 7.14. The second-order valence-electron chi connectivity index (χ2n) is 4.56. The van der Waals surface area contributed by atoms with Crippen LogP contribution in [-0.2, 0) is 0 Å². The molecule has 2 rings (SSSR count). The number of amides is 1. The molecule has 0 bridgehead atoms. The maximum atomic E-state index is 12.3. The molecule has 0 aromatic carbocycles. The van der Waals surface area contributed by atoms with Gasteiger partial charge in [0.25, 0.3) is 5.91 Å². The van der Waals surface area contributed by atoms with Crippen LogP contribution in [-0.4, -0.2) is 36.5 Å². The smallest absolute Gasteiger partial charge is 0.387 e. The van der Waals surface area contributed by atoms with Crippen molar-refractivity contribution in [3.63, 3.8) is 0 Å². The molecule has 0 radical (unpaired) electrons. The number of rotatable bonds is 3. The maximum Gasteiger partial charge on any atom is 0.387 e. The lowest BCUT2D eigenvalue weighted by Gasteiger charge is -2.30. The largest absolute Gasteiger partial charge is 0.433 e. The summed E-state index contributed by atoms with van der Waals surface area (Å²) < 4.78 is 29.0. The third-order valence-corrected chi connectivity index (χ3v) is 4.08. The molecule has 8 heteroatoms. The molecule has 2 N–H and O–H groups in total. The number of nitrogens with zero attached hydrogens (tertiary/aromatic N) is 1. The number of likely N-dealkylation sites (tertiary alicyclic amines) is 1. The standard InChI is InChI=1S/C12H16F2N2O2S.ClH/c1-7-6-9(18-12(13)14)10(19-7)11(17)16-4-2-8(15)3-5-16;/h6,8,12H,2-5,15H2,1H3;1H. The Kier molecular flexibility index (Phi) is 6.16. The molecule has 1 aromatic heterocycles. The van der Waals surface area contributed by atoms with E-state index in [0.717, 1.165) is 17.7 Å². The van der Waals surface area contributed by atoms with Gasteiger partial charge in [-0.05, 0) is 25.8 Å². The highest BCUT2D eigenvalue weighted by atomic mass is 35.5. The monoisotopic (exact) mass is 326 g/mol. The van der Waals surface area contributed by atoms with Gasteiger partial charge in [0.05, 0.1) is 0 Å². The van der Waals surface area contributed by atoms with Gasteiger partial charge in [0.1, 0.15) is 10.6 Å². The van der Waals surface area contributed by atoms with Crippen LogP contribution in [0.5, 0.6) is 5.75 Å². The number of thiophene rings is 1.